The number of hydrogen-bond acceptors (Lipinski definition) is 3. The number of benzene rings is 1. The average Bonchev–Trinajstić information content (AvgIpc) is 2.43. The summed E-state index contributed by atoms with van der Waals surface area (Å²) in [5.41, 5.74) is 7.43. The molecule has 1 rings (SSSR count). The van der Waals surface area contributed by atoms with Crippen LogP contribution in [0.4, 0.5) is 4.79 Å². The van der Waals surface area contributed by atoms with Crippen LogP contribution in [0.2, 0.25) is 0 Å². The third-order valence-electron chi connectivity index (χ3n) is 3.72. The molecule has 3 amide bonds. The SMILES string of the molecule is CC(C)Cc1ccc(C(NC(C)C(=O)NC(N)=O)C(C)C)cc1. The van der Waals surface area contributed by atoms with Crippen molar-refractivity contribution in [2.45, 2.75) is 53.1 Å². The van der Waals surface area contributed by atoms with Gasteiger partial charge >= 0.3 is 6.03 Å². The van der Waals surface area contributed by atoms with Crippen LogP contribution >= 0.6 is 0 Å². The molecule has 0 aromatic heterocycles. The van der Waals surface area contributed by atoms with Gasteiger partial charge < -0.3 is 5.73 Å². The topological polar surface area (TPSA) is 84.2 Å². The maximum atomic E-state index is 11.8. The van der Waals surface area contributed by atoms with Crippen molar-refractivity contribution in [1.82, 2.24) is 10.6 Å². The lowest BCUT2D eigenvalue weighted by atomic mass is 9.93. The Balaban J connectivity index is 2.82. The second-order valence-corrected chi connectivity index (χ2v) is 6.80. The number of imide groups is 1. The molecule has 0 aliphatic rings. The highest BCUT2D eigenvalue weighted by atomic mass is 16.2. The van der Waals surface area contributed by atoms with E-state index < -0.39 is 18.0 Å². The summed E-state index contributed by atoms with van der Waals surface area (Å²) in [6.07, 6.45) is 1.05. The van der Waals surface area contributed by atoms with E-state index in [0.717, 1.165) is 12.0 Å². The van der Waals surface area contributed by atoms with E-state index in [1.807, 2.05) is 0 Å². The zero-order valence-electron chi connectivity index (χ0n) is 14.7. The number of carbonyl (C=O) groups is 2. The quantitative estimate of drug-likeness (QED) is 0.722. The summed E-state index contributed by atoms with van der Waals surface area (Å²) in [5.74, 6) is 0.506. The highest BCUT2D eigenvalue weighted by molar-refractivity contribution is 5.96. The lowest BCUT2D eigenvalue weighted by molar-refractivity contribution is -0.121. The Labute approximate surface area is 139 Å². The van der Waals surface area contributed by atoms with Gasteiger partial charge in [0.15, 0.2) is 0 Å². The van der Waals surface area contributed by atoms with Gasteiger partial charge in [0.2, 0.25) is 5.91 Å². The van der Waals surface area contributed by atoms with Crippen molar-refractivity contribution in [2.75, 3.05) is 0 Å². The van der Waals surface area contributed by atoms with Gasteiger partial charge in [0, 0.05) is 6.04 Å². The fourth-order valence-electron chi connectivity index (χ4n) is 2.58. The molecule has 0 fully saturated rings. The molecule has 2 atom stereocenters. The Morgan fingerprint density at radius 2 is 1.61 bits per heavy atom. The van der Waals surface area contributed by atoms with Gasteiger partial charge in [-0.25, -0.2) is 4.79 Å². The van der Waals surface area contributed by atoms with Crippen LogP contribution in [0.5, 0.6) is 0 Å². The number of rotatable bonds is 7. The summed E-state index contributed by atoms with van der Waals surface area (Å²) in [5, 5.41) is 5.38. The second kappa shape index (κ2) is 8.67. The summed E-state index contributed by atoms with van der Waals surface area (Å²) in [7, 11) is 0. The molecule has 128 valence electrons. The predicted molar refractivity (Wildman–Crippen MR) is 92.9 cm³/mol. The van der Waals surface area contributed by atoms with Gasteiger partial charge in [0.1, 0.15) is 0 Å². The number of hydrogen-bond donors (Lipinski definition) is 3. The van der Waals surface area contributed by atoms with E-state index in [9.17, 15) is 9.59 Å². The monoisotopic (exact) mass is 319 g/mol. The number of nitrogens with one attached hydrogen (secondary N) is 2. The minimum Gasteiger partial charge on any atom is -0.351 e. The number of amides is 3. The van der Waals surface area contributed by atoms with E-state index in [1.165, 1.54) is 5.56 Å². The standard InChI is InChI=1S/C18H29N3O2/c1-11(2)10-14-6-8-15(9-7-14)16(12(3)4)20-13(5)17(22)21-18(19)23/h6-9,11-13,16,20H,10H2,1-5H3,(H3,19,21,22,23). The van der Waals surface area contributed by atoms with Gasteiger partial charge in [-0.05, 0) is 36.3 Å². The van der Waals surface area contributed by atoms with Crippen LogP contribution in [-0.2, 0) is 11.2 Å². The Hall–Kier alpha value is -1.88. The van der Waals surface area contributed by atoms with Crippen LogP contribution in [0.25, 0.3) is 0 Å². The molecular formula is C18H29N3O2. The number of nitrogens with two attached hydrogens (primary N) is 1. The lowest BCUT2D eigenvalue weighted by Gasteiger charge is -2.26. The van der Waals surface area contributed by atoms with E-state index >= 15 is 0 Å². The Bertz CT molecular complexity index is 524. The fourth-order valence-corrected chi connectivity index (χ4v) is 2.58. The number of urea groups is 1. The minimum atomic E-state index is -0.831. The first kappa shape index (κ1) is 19.2. The largest absolute Gasteiger partial charge is 0.351 e. The molecule has 0 bridgehead atoms. The zero-order chi connectivity index (χ0) is 17.6. The molecule has 0 saturated heterocycles. The molecule has 1 aromatic carbocycles. The molecule has 0 heterocycles. The molecule has 2 unspecified atom stereocenters. The van der Waals surface area contributed by atoms with Crippen LogP contribution < -0.4 is 16.4 Å². The van der Waals surface area contributed by atoms with Crippen LogP contribution in [0.3, 0.4) is 0 Å². The normalized spacial score (nSPS) is 13.9. The minimum absolute atomic E-state index is 0.0247. The van der Waals surface area contributed by atoms with E-state index in [0.29, 0.717) is 11.8 Å². The first-order valence-corrected chi connectivity index (χ1v) is 8.15. The molecule has 0 radical (unpaired) electrons. The average molecular weight is 319 g/mol. The summed E-state index contributed by atoms with van der Waals surface area (Å²) in [6, 6.07) is 7.17. The molecule has 1 aromatic rings. The van der Waals surface area contributed by atoms with E-state index in [-0.39, 0.29) is 6.04 Å². The van der Waals surface area contributed by atoms with Gasteiger partial charge in [0.25, 0.3) is 0 Å². The highest BCUT2D eigenvalue weighted by Gasteiger charge is 2.22. The van der Waals surface area contributed by atoms with Gasteiger partial charge in [-0.2, -0.15) is 0 Å². The Kier molecular flexibility index (Phi) is 7.23. The molecule has 23 heavy (non-hydrogen) atoms. The van der Waals surface area contributed by atoms with Crippen molar-refractivity contribution in [3.05, 3.63) is 35.4 Å². The van der Waals surface area contributed by atoms with Crippen LogP contribution in [0.1, 0.15) is 51.8 Å². The van der Waals surface area contributed by atoms with Crippen molar-refractivity contribution in [2.24, 2.45) is 17.6 Å². The number of carbonyl (C=O) groups excluding carboxylic acids is 2. The highest BCUT2D eigenvalue weighted by Crippen LogP contribution is 2.23. The predicted octanol–water partition coefficient (Wildman–Crippen LogP) is 2.76. The van der Waals surface area contributed by atoms with Gasteiger partial charge in [-0.3, -0.25) is 15.4 Å². The molecular weight excluding hydrogens is 290 g/mol. The van der Waals surface area contributed by atoms with Crippen LogP contribution in [0, 0.1) is 11.8 Å². The molecule has 0 aliphatic carbocycles. The summed E-state index contributed by atoms with van der Waals surface area (Å²) in [6.45, 7) is 10.3. The van der Waals surface area contributed by atoms with Gasteiger partial charge in [-0.1, -0.05) is 52.0 Å². The molecule has 0 spiro atoms. The van der Waals surface area contributed by atoms with E-state index in [2.05, 4.69) is 62.6 Å². The first-order chi connectivity index (χ1) is 10.7. The Morgan fingerprint density at radius 1 is 1.04 bits per heavy atom. The second-order valence-electron chi connectivity index (χ2n) is 6.80. The van der Waals surface area contributed by atoms with Crippen molar-refractivity contribution in [3.8, 4) is 0 Å². The zero-order valence-corrected chi connectivity index (χ0v) is 14.7. The van der Waals surface area contributed by atoms with Gasteiger partial charge in [0.05, 0.1) is 6.04 Å². The summed E-state index contributed by atoms with van der Waals surface area (Å²) < 4.78 is 0. The van der Waals surface area contributed by atoms with Crippen molar-refractivity contribution < 1.29 is 9.59 Å². The molecule has 5 heteroatoms. The van der Waals surface area contributed by atoms with Crippen molar-refractivity contribution in [1.29, 1.82) is 0 Å². The maximum Gasteiger partial charge on any atom is 0.318 e. The smallest absolute Gasteiger partial charge is 0.318 e. The van der Waals surface area contributed by atoms with Crippen LogP contribution in [0.15, 0.2) is 24.3 Å². The molecule has 0 saturated carbocycles. The third-order valence-corrected chi connectivity index (χ3v) is 3.72. The third kappa shape index (κ3) is 6.40. The van der Waals surface area contributed by atoms with Gasteiger partial charge in [-0.15, -0.1) is 0 Å². The van der Waals surface area contributed by atoms with E-state index in [1.54, 1.807) is 6.92 Å². The lowest BCUT2D eigenvalue weighted by Crippen LogP contribution is -2.48. The summed E-state index contributed by atoms with van der Waals surface area (Å²) in [4.78, 5) is 22.6. The van der Waals surface area contributed by atoms with E-state index in [4.69, 9.17) is 5.73 Å². The maximum absolute atomic E-state index is 11.8. The van der Waals surface area contributed by atoms with Crippen molar-refractivity contribution in [3.63, 3.8) is 0 Å². The summed E-state index contributed by atoms with van der Waals surface area (Å²) >= 11 is 0. The molecule has 5 nitrogen and oxygen atoms in total. The molecule has 0 aliphatic heterocycles. The fraction of sp³-hybridized carbons (Fsp3) is 0.556. The molecule has 4 N–H and O–H groups in total. The Morgan fingerprint density at radius 3 is 2.04 bits per heavy atom. The number of primary amides is 1. The first-order valence-electron chi connectivity index (χ1n) is 8.15. The van der Waals surface area contributed by atoms with Crippen LogP contribution in [-0.4, -0.2) is 18.0 Å². The van der Waals surface area contributed by atoms with Crippen molar-refractivity contribution >= 4 is 11.9 Å².